The normalized spacial score (nSPS) is 10.5. The molecule has 0 unspecified atom stereocenters. The SMILES string of the molecule is CCCOc1ccc(C(=O)NCc2nc(-c3cccc(C)c3)no2)cc1. The third kappa shape index (κ3) is 4.47. The summed E-state index contributed by atoms with van der Waals surface area (Å²) in [7, 11) is 0. The highest BCUT2D eigenvalue weighted by atomic mass is 16.5. The maximum absolute atomic E-state index is 12.2. The second-order valence-electron chi connectivity index (χ2n) is 5.94. The molecule has 134 valence electrons. The number of amides is 1. The van der Waals surface area contributed by atoms with Crippen LogP contribution in [0.1, 0.15) is 35.2 Å². The highest BCUT2D eigenvalue weighted by molar-refractivity contribution is 5.94. The highest BCUT2D eigenvalue weighted by Crippen LogP contribution is 2.17. The van der Waals surface area contributed by atoms with Crippen molar-refractivity contribution in [2.24, 2.45) is 0 Å². The maximum atomic E-state index is 12.2. The standard InChI is InChI=1S/C20H21N3O3/c1-3-11-25-17-9-7-15(8-10-17)20(24)21-13-18-22-19(23-26-18)16-6-4-5-14(2)12-16/h4-10,12H,3,11,13H2,1-2H3,(H,21,24). The van der Waals surface area contributed by atoms with Gasteiger partial charge in [-0.2, -0.15) is 4.98 Å². The van der Waals surface area contributed by atoms with Gasteiger partial charge in [-0.3, -0.25) is 4.79 Å². The zero-order valence-electron chi connectivity index (χ0n) is 14.9. The molecular weight excluding hydrogens is 330 g/mol. The topological polar surface area (TPSA) is 77.2 Å². The molecule has 0 aliphatic heterocycles. The average Bonchev–Trinajstić information content (AvgIpc) is 3.14. The van der Waals surface area contributed by atoms with Gasteiger partial charge in [-0.05, 0) is 43.7 Å². The zero-order chi connectivity index (χ0) is 18.4. The summed E-state index contributed by atoms with van der Waals surface area (Å²) in [5.41, 5.74) is 2.55. The highest BCUT2D eigenvalue weighted by Gasteiger charge is 2.11. The van der Waals surface area contributed by atoms with Gasteiger partial charge in [0.25, 0.3) is 5.91 Å². The molecule has 3 aromatic rings. The molecule has 0 saturated heterocycles. The van der Waals surface area contributed by atoms with Crippen LogP contribution in [0.3, 0.4) is 0 Å². The number of carbonyl (C=O) groups is 1. The molecule has 6 heteroatoms. The molecule has 0 fully saturated rings. The third-order valence-corrected chi connectivity index (χ3v) is 3.73. The maximum Gasteiger partial charge on any atom is 0.251 e. The Bertz CT molecular complexity index is 872. The molecule has 1 N–H and O–H groups in total. The smallest absolute Gasteiger partial charge is 0.251 e. The molecule has 2 aromatic carbocycles. The summed E-state index contributed by atoms with van der Waals surface area (Å²) in [6.07, 6.45) is 0.941. The van der Waals surface area contributed by atoms with Crippen molar-refractivity contribution < 1.29 is 14.1 Å². The van der Waals surface area contributed by atoms with E-state index in [1.807, 2.05) is 38.1 Å². The van der Waals surface area contributed by atoms with Crippen molar-refractivity contribution in [1.29, 1.82) is 0 Å². The van der Waals surface area contributed by atoms with Gasteiger partial charge in [-0.15, -0.1) is 0 Å². The number of hydrogen-bond acceptors (Lipinski definition) is 5. The van der Waals surface area contributed by atoms with Crippen molar-refractivity contribution in [3.63, 3.8) is 0 Å². The summed E-state index contributed by atoms with van der Waals surface area (Å²) in [6.45, 7) is 4.88. The fraction of sp³-hybridized carbons (Fsp3) is 0.250. The van der Waals surface area contributed by atoms with Crippen LogP contribution in [0.15, 0.2) is 53.1 Å². The molecule has 0 saturated carbocycles. The van der Waals surface area contributed by atoms with Crippen molar-refractivity contribution in [1.82, 2.24) is 15.5 Å². The Hall–Kier alpha value is -3.15. The van der Waals surface area contributed by atoms with E-state index in [1.54, 1.807) is 24.3 Å². The van der Waals surface area contributed by atoms with Crippen LogP contribution in [0, 0.1) is 6.92 Å². The van der Waals surface area contributed by atoms with E-state index < -0.39 is 0 Å². The molecule has 0 aliphatic carbocycles. The Morgan fingerprint density at radius 1 is 1.19 bits per heavy atom. The van der Waals surface area contributed by atoms with Crippen LogP contribution in [0.5, 0.6) is 5.75 Å². The Labute approximate surface area is 152 Å². The summed E-state index contributed by atoms with van der Waals surface area (Å²) in [5.74, 6) is 1.42. The molecule has 1 heterocycles. The van der Waals surface area contributed by atoms with E-state index >= 15 is 0 Å². The first-order valence-electron chi connectivity index (χ1n) is 8.56. The average molecular weight is 351 g/mol. The van der Waals surface area contributed by atoms with Crippen molar-refractivity contribution in [3.05, 3.63) is 65.5 Å². The van der Waals surface area contributed by atoms with Gasteiger partial charge in [0.1, 0.15) is 5.75 Å². The molecule has 0 aliphatic rings. The van der Waals surface area contributed by atoms with E-state index in [2.05, 4.69) is 15.5 Å². The molecule has 6 nitrogen and oxygen atoms in total. The van der Waals surface area contributed by atoms with Crippen LogP contribution in [0.4, 0.5) is 0 Å². The number of ether oxygens (including phenoxy) is 1. The molecular formula is C20H21N3O3. The summed E-state index contributed by atoms with van der Waals surface area (Å²) in [5, 5.41) is 6.74. The summed E-state index contributed by atoms with van der Waals surface area (Å²) in [4.78, 5) is 16.5. The van der Waals surface area contributed by atoms with Gasteiger partial charge >= 0.3 is 0 Å². The predicted octanol–water partition coefficient (Wildman–Crippen LogP) is 3.76. The Morgan fingerprint density at radius 2 is 2.00 bits per heavy atom. The van der Waals surface area contributed by atoms with Crippen molar-refractivity contribution >= 4 is 5.91 Å². The predicted molar refractivity (Wildman–Crippen MR) is 97.9 cm³/mol. The number of rotatable bonds is 7. The minimum atomic E-state index is -0.206. The van der Waals surface area contributed by atoms with Crippen molar-refractivity contribution in [3.8, 4) is 17.1 Å². The third-order valence-electron chi connectivity index (χ3n) is 3.73. The molecule has 0 bridgehead atoms. The van der Waals surface area contributed by atoms with E-state index in [-0.39, 0.29) is 12.5 Å². The van der Waals surface area contributed by atoms with Crippen LogP contribution in [-0.2, 0) is 6.54 Å². The van der Waals surface area contributed by atoms with Gasteiger partial charge < -0.3 is 14.6 Å². The van der Waals surface area contributed by atoms with E-state index in [1.165, 1.54) is 0 Å². The second kappa shape index (κ2) is 8.29. The first-order chi connectivity index (χ1) is 12.7. The number of carbonyl (C=O) groups excluding carboxylic acids is 1. The van der Waals surface area contributed by atoms with E-state index in [0.717, 1.165) is 23.3 Å². The van der Waals surface area contributed by atoms with Crippen LogP contribution >= 0.6 is 0 Å². The molecule has 0 radical (unpaired) electrons. The van der Waals surface area contributed by atoms with Crippen LogP contribution < -0.4 is 10.1 Å². The van der Waals surface area contributed by atoms with Gasteiger partial charge in [-0.1, -0.05) is 35.8 Å². The molecule has 0 spiro atoms. The van der Waals surface area contributed by atoms with E-state index in [0.29, 0.717) is 23.9 Å². The van der Waals surface area contributed by atoms with Gasteiger partial charge in [0.15, 0.2) is 0 Å². The van der Waals surface area contributed by atoms with E-state index in [9.17, 15) is 4.79 Å². The quantitative estimate of drug-likeness (QED) is 0.701. The Balaban J connectivity index is 1.58. The minimum absolute atomic E-state index is 0.172. The second-order valence-corrected chi connectivity index (χ2v) is 5.94. The summed E-state index contributed by atoms with van der Waals surface area (Å²) >= 11 is 0. The van der Waals surface area contributed by atoms with Crippen molar-refractivity contribution in [2.45, 2.75) is 26.8 Å². The van der Waals surface area contributed by atoms with Gasteiger partial charge in [-0.25, -0.2) is 0 Å². The lowest BCUT2D eigenvalue weighted by molar-refractivity contribution is 0.0946. The number of nitrogens with zero attached hydrogens (tertiary/aromatic N) is 2. The molecule has 1 aromatic heterocycles. The molecule has 26 heavy (non-hydrogen) atoms. The summed E-state index contributed by atoms with van der Waals surface area (Å²) in [6, 6.07) is 14.9. The first-order valence-corrected chi connectivity index (χ1v) is 8.56. The first kappa shape index (κ1) is 17.7. The van der Waals surface area contributed by atoms with Gasteiger partial charge in [0, 0.05) is 11.1 Å². The van der Waals surface area contributed by atoms with Crippen LogP contribution in [0.2, 0.25) is 0 Å². The number of hydrogen-bond donors (Lipinski definition) is 1. The largest absolute Gasteiger partial charge is 0.494 e. The van der Waals surface area contributed by atoms with E-state index in [4.69, 9.17) is 9.26 Å². The Morgan fingerprint density at radius 3 is 2.73 bits per heavy atom. The number of benzene rings is 2. The molecule has 0 atom stereocenters. The lowest BCUT2D eigenvalue weighted by Crippen LogP contribution is -2.22. The monoisotopic (exact) mass is 351 g/mol. The zero-order valence-corrected chi connectivity index (χ0v) is 14.9. The van der Waals surface area contributed by atoms with Crippen molar-refractivity contribution in [2.75, 3.05) is 6.61 Å². The fourth-order valence-electron chi connectivity index (χ4n) is 2.41. The van der Waals surface area contributed by atoms with Gasteiger partial charge in [0.05, 0.1) is 13.2 Å². The molecule has 1 amide bonds. The lowest BCUT2D eigenvalue weighted by atomic mass is 10.1. The van der Waals surface area contributed by atoms with Crippen LogP contribution in [0.25, 0.3) is 11.4 Å². The van der Waals surface area contributed by atoms with Crippen LogP contribution in [-0.4, -0.2) is 22.7 Å². The number of nitrogens with one attached hydrogen (secondary N) is 1. The lowest BCUT2D eigenvalue weighted by Gasteiger charge is -2.06. The number of aromatic nitrogens is 2. The Kier molecular flexibility index (Phi) is 5.63. The fourth-order valence-corrected chi connectivity index (χ4v) is 2.41. The minimum Gasteiger partial charge on any atom is -0.494 e. The van der Waals surface area contributed by atoms with Gasteiger partial charge in [0.2, 0.25) is 11.7 Å². The number of aryl methyl sites for hydroxylation is 1. The summed E-state index contributed by atoms with van der Waals surface area (Å²) < 4.78 is 10.7. The molecule has 3 rings (SSSR count).